The van der Waals surface area contributed by atoms with E-state index in [0.717, 1.165) is 25.2 Å². The van der Waals surface area contributed by atoms with Gasteiger partial charge in [0.05, 0.1) is 5.60 Å². The SMILES string of the molecule is CC(C)(C)OC(O)CCN1CCN(C(=O)OCc2ccccc2)CC1. The highest BCUT2D eigenvalue weighted by Gasteiger charge is 2.23. The Morgan fingerprint density at radius 1 is 1.16 bits per heavy atom. The lowest BCUT2D eigenvalue weighted by Gasteiger charge is -2.34. The molecule has 1 heterocycles. The van der Waals surface area contributed by atoms with Crippen LogP contribution >= 0.6 is 0 Å². The van der Waals surface area contributed by atoms with Crippen molar-refractivity contribution in [3.8, 4) is 0 Å². The predicted molar refractivity (Wildman–Crippen MR) is 96.1 cm³/mol. The molecular formula is C19H30N2O4. The van der Waals surface area contributed by atoms with Gasteiger partial charge in [0.1, 0.15) is 6.61 Å². The van der Waals surface area contributed by atoms with Gasteiger partial charge in [-0.15, -0.1) is 0 Å². The van der Waals surface area contributed by atoms with Crippen molar-refractivity contribution in [1.82, 2.24) is 9.80 Å². The second kappa shape index (κ2) is 9.17. The second-order valence-electron chi connectivity index (χ2n) is 7.34. The Morgan fingerprint density at radius 3 is 2.40 bits per heavy atom. The Labute approximate surface area is 150 Å². The van der Waals surface area contributed by atoms with E-state index in [0.29, 0.717) is 26.1 Å². The molecule has 1 aliphatic heterocycles. The van der Waals surface area contributed by atoms with Crippen LogP contribution in [0, 0.1) is 0 Å². The van der Waals surface area contributed by atoms with E-state index in [9.17, 15) is 9.90 Å². The summed E-state index contributed by atoms with van der Waals surface area (Å²) in [6.45, 7) is 9.68. The van der Waals surface area contributed by atoms with Crippen LogP contribution in [0.5, 0.6) is 0 Å². The standard InChI is InChI=1S/C19H30N2O4/c1-19(2,3)25-17(22)9-10-20-11-13-21(14-12-20)18(23)24-15-16-7-5-4-6-8-16/h4-8,17,22H,9-15H2,1-3H3. The topological polar surface area (TPSA) is 62.2 Å². The zero-order valence-corrected chi connectivity index (χ0v) is 15.5. The van der Waals surface area contributed by atoms with Gasteiger partial charge in [0.25, 0.3) is 0 Å². The number of nitrogens with zero attached hydrogens (tertiary/aromatic N) is 2. The number of carbonyl (C=O) groups is 1. The van der Waals surface area contributed by atoms with Crippen molar-refractivity contribution in [2.24, 2.45) is 0 Å². The molecule has 0 aliphatic carbocycles. The first-order valence-corrected chi connectivity index (χ1v) is 8.87. The van der Waals surface area contributed by atoms with Crippen molar-refractivity contribution in [2.45, 2.75) is 45.7 Å². The lowest BCUT2D eigenvalue weighted by molar-refractivity contribution is -0.170. The number of hydrogen-bond donors (Lipinski definition) is 1. The van der Waals surface area contributed by atoms with Gasteiger partial charge in [-0.25, -0.2) is 4.79 Å². The lowest BCUT2D eigenvalue weighted by atomic mass is 10.2. The molecular weight excluding hydrogens is 320 g/mol. The van der Waals surface area contributed by atoms with E-state index in [-0.39, 0.29) is 11.7 Å². The van der Waals surface area contributed by atoms with Gasteiger partial charge in [-0.1, -0.05) is 30.3 Å². The average molecular weight is 350 g/mol. The van der Waals surface area contributed by atoms with Crippen LogP contribution in [0.3, 0.4) is 0 Å². The zero-order valence-electron chi connectivity index (χ0n) is 15.5. The van der Waals surface area contributed by atoms with E-state index in [4.69, 9.17) is 9.47 Å². The van der Waals surface area contributed by atoms with Gasteiger partial charge in [-0.05, 0) is 26.3 Å². The van der Waals surface area contributed by atoms with Gasteiger partial charge < -0.3 is 19.5 Å². The zero-order chi connectivity index (χ0) is 18.3. The number of aliphatic hydroxyl groups excluding tert-OH is 1. The molecule has 25 heavy (non-hydrogen) atoms. The van der Waals surface area contributed by atoms with Gasteiger partial charge in [0, 0.05) is 39.1 Å². The van der Waals surface area contributed by atoms with Gasteiger partial charge in [0.2, 0.25) is 0 Å². The molecule has 1 aliphatic rings. The molecule has 2 rings (SSSR count). The molecule has 1 N–H and O–H groups in total. The summed E-state index contributed by atoms with van der Waals surface area (Å²) >= 11 is 0. The molecule has 140 valence electrons. The Hall–Kier alpha value is -1.63. The second-order valence-corrected chi connectivity index (χ2v) is 7.34. The molecule has 1 saturated heterocycles. The fourth-order valence-electron chi connectivity index (χ4n) is 2.72. The summed E-state index contributed by atoms with van der Waals surface area (Å²) in [5, 5.41) is 9.90. The smallest absolute Gasteiger partial charge is 0.410 e. The molecule has 0 bridgehead atoms. The fourth-order valence-corrected chi connectivity index (χ4v) is 2.72. The van der Waals surface area contributed by atoms with Crippen LogP contribution in [-0.4, -0.2) is 65.6 Å². The van der Waals surface area contributed by atoms with Crippen LogP contribution in [0.4, 0.5) is 4.79 Å². The summed E-state index contributed by atoms with van der Waals surface area (Å²) < 4.78 is 10.9. The maximum Gasteiger partial charge on any atom is 0.410 e. The molecule has 6 nitrogen and oxygen atoms in total. The van der Waals surface area contributed by atoms with Gasteiger partial charge in [-0.2, -0.15) is 0 Å². The number of piperazine rings is 1. The highest BCUT2D eigenvalue weighted by Crippen LogP contribution is 2.13. The number of benzene rings is 1. The number of rotatable bonds is 6. The van der Waals surface area contributed by atoms with E-state index in [2.05, 4.69) is 4.90 Å². The van der Waals surface area contributed by atoms with Gasteiger partial charge in [-0.3, -0.25) is 4.90 Å². The van der Waals surface area contributed by atoms with Crippen LogP contribution in [0.15, 0.2) is 30.3 Å². The molecule has 1 atom stereocenters. The third-order valence-corrected chi connectivity index (χ3v) is 4.02. The van der Waals surface area contributed by atoms with Crippen LogP contribution in [0.2, 0.25) is 0 Å². The third-order valence-electron chi connectivity index (χ3n) is 4.02. The van der Waals surface area contributed by atoms with E-state index < -0.39 is 6.29 Å². The molecule has 1 fully saturated rings. The summed E-state index contributed by atoms with van der Waals surface area (Å²) in [7, 11) is 0. The van der Waals surface area contributed by atoms with Crippen LogP contribution in [0.1, 0.15) is 32.8 Å². The molecule has 0 radical (unpaired) electrons. The normalized spacial score (nSPS) is 17.4. The molecule has 1 aromatic carbocycles. The van der Waals surface area contributed by atoms with Crippen molar-refractivity contribution in [1.29, 1.82) is 0 Å². The van der Waals surface area contributed by atoms with Crippen molar-refractivity contribution in [3.05, 3.63) is 35.9 Å². The number of carbonyl (C=O) groups excluding carboxylic acids is 1. The van der Waals surface area contributed by atoms with Crippen molar-refractivity contribution >= 4 is 6.09 Å². The molecule has 6 heteroatoms. The van der Waals surface area contributed by atoms with E-state index in [1.807, 2.05) is 51.1 Å². The summed E-state index contributed by atoms with van der Waals surface area (Å²) in [5.41, 5.74) is 0.642. The van der Waals surface area contributed by atoms with Crippen molar-refractivity contribution in [2.75, 3.05) is 32.7 Å². The van der Waals surface area contributed by atoms with Crippen molar-refractivity contribution < 1.29 is 19.4 Å². The molecule has 0 saturated carbocycles. The average Bonchev–Trinajstić information content (AvgIpc) is 2.58. The van der Waals surface area contributed by atoms with Gasteiger partial charge >= 0.3 is 6.09 Å². The quantitative estimate of drug-likeness (QED) is 0.799. The number of amides is 1. The van der Waals surface area contributed by atoms with Crippen LogP contribution in [-0.2, 0) is 16.1 Å². The minimum Gasteiger partial charge on any atom is -0.445 e. The summed E-state index contributed by atoms with van der Waals surface area (Å²) in [6.07, 6.45) is -0.455. The maximum absolute atomic E-state index is 12.1. The third kappa shape index (κ3) is 7.42. The summed E-state index contributed by atoms with van der Waals surface area (Å²) in [5.74, 6) is 0. The van der Waals surface area contributed by atoms with Crippen molar-refractivity contribution in [3.63, 3.8) is 0 Å². The Kier molecular flexibility index (Phi) is 7.23. The van der Waals surface area contributed by atoms with E-state index >= 15 is 0 Å². The minimum atomic E-state index is -0.756. The lowest BCUT2D eigenvalue weighted by Crippen LogP contribution is -2.49. The number of hydrogen-bond acceptors (Lipinski definition) is 5. The molecule has 1 aromatic rings. The predicted octanol–water partition coefficient (Wildman–Crippen LogP) is 2.46. The number of aliphatic hydroxyl groups is 1. The first kappa shape index (κ1) is 19.7. The first-order valence-electron chi connectivity index (χ1n) is 8.87. The van der Waals surface area contributed by atoms with E-state index in [1.54, 1.807) is 4.90 Å². The summed E-state index contributed by atoms with van der Waals surface area (Å²) in [6, 6.07) is 9.68. The maximum atomic E-state index is 12.1. The minimum absolute atomic E-state index is 0.264. The molecule has 0 spiro atoms. The monoisotopic (exact) mass is 350 g/mol. The largest absolute Gasteiger partial charge is 0.445 e. The van der Waals surface area contributed by atoms with E-state index in [1.165, 1.54) is 0 Å². The highest BCUT2D eigenvalue weighted by molar-refractivity contribution is 5.67. The molecule has 1 amide bonds. The molecule has 0 aromatic heterocycles. The fraction of sp³-hybridized carbons (Fsp3) is 0.632. The number of ether oxygens (including phenoxy) is 2. The highest BCUT2D eigenvalue weighted by atomic mass is 16.6. The summed E-state index contributed by atoms with van der Waals surface area (Å²) in [4.78, 5) is 16.1. The van der Waals surface area contributed by atoms with Crippen LogP contribution < -0.4 is 0 Å². The Morgan fingerprint density at radius 2 is 1.80 bits per heavy atom. The Balaban J connectivity index is 1.64. The Bertz CT molecular complexity index is 522. The van der Waals surface area contributed by atoms with Crippen LogP contribution in [0.25, 0.3) is 0 Å². The molecule has 1 unspecified atom stereocenters. The van der Waals surface area contributed by atoms with Gasteiger partial charge in [0.15, 0.2) is 6.29 Å². The first-order chi connectivity index (χ1) is 11.8.